The number of aliphatic carboxylic acids is 1. The Morgan fingerprint density at radius 3 is 2.62 bits per heavy atom. The van der Waals surface area contributed by atoms with Gasteiger partial charge in [0, 0.05) is 42.1 Å². The van der Waals surface area contributed by atoms with Crippen LogP contribution in [0.4, 0.5) is 5.69 Å². The molecule has 1 aliphatic rings. The number of carboxylic acids is 1. The van der Waals surface area contributed by atoms with Crippen LogP contribution < -0.4 is 15.4 Å². The summed E-state index contributed by atoms with van der Waals surface area (Å²) in [6.45, 7) is 2.80. The zero-order valence-electron chi connectivity index (χ0n) is 22.9. The molecule has 0 aliphatic carbocycles. The molecule has 2 heterocycles. The van der Waals surface area contributed by atoms with Gasteiger partial charge in [-0.3, -0.25) is 19.7 Å². The largest absolute Gasteiger partial charge is 0.493 e. The van der Waals surface area contributed by atoms with Crippen LogP contribution in [0.5, 0.6) is 5.75 Å². The smallest absolute Gasteiger partial charge is 0.321 e. The maximum absolute atomic E-state index is 13.4. The molecule has 1 aliphatic heterocycles. The van der Waals surface area contributed by atoms with Gasteiger partial charge in [0.05, 0.1) is 17.2 Å². The van der Waals surface area contributed by atoms with E-state index in [0.29, 0.717) is 53.5 Å². The van der Waals surface area contributed by atoms with Crippen molar-refractivity contribution in [2.24, 2.45) is 0 Å². The van der Waals surface area contributed by atoms with E-state index >= 15 is 0 Å². The lowest BCUT2D eigenvalue weighted by atomic mass is 9.88. The maximum Gasteiger partial charge on any atom is 0.321 e. The van der Waals surface area contributed by atoms with Crippen molar-refractivity contribution in [3.8, 4) is 17.2 Å². The molecule has 1 unspecified atom stereocenters. The SMILES string of the molecule is Cc1oc(-c2ccccc2)nc1CCOc1ccc(C2CCN[C@@H]2C(=O)O)c(C(=O)NCc2ccc([N+](=O)[O-])cc2)c1. The minimum absolute atomic E-state index is 0.0391. The number of carboxylic acid groups (broad SMARTS) is 1. The van der Waals surface area contributed by atoms with Crippen LogP contribution in [0, 0.1) is 17.0 Å². The number of ether oxygens (including phenoxy) is 1. The van der Waals surface area contributed by atoms with Crippen molar-refractivity contribution in [3.05, 3.63) is 111 Å². The van der Waals surface area contributed by atoms with E-state index in [-0.39, 0.29) is 18.8 Å². The van der Waals surface area contributed by atoms with Gasteiger partial charge in [-0.2, -0.15) is 0 Å². The summed E-state index contributed by atoms with van der Waals surface area (Å²) >= 11 is 0. The van der Waals surface area contributed by atoms with E-state index in [0.717, 1.165) is 11.3 Å². The fourth-order valence-electron chi connectivity index (χ4n) is 5.09. The molecule has 216 valence electrons. The zero-order valence-corrected chi connectivity index (χ0v) is 22.9. The Morgan fingerprint density at radius 2 is 1.90 bits per heavy atom. The van der Waals surface area contributed by atoms with Crippen molar-refractivity contribution in [2.75, 3.05) is 13.2 Å². The summed E-state index contributed by atoms with van der Waals surface area (Å²) in [6, 6.07) is 19.8. The highest BCUT2D eigenvalue weighted by molar-refractivity contribution is 5.96. The van der Waals surface area contributed by atoms with Crippen LogP contribution in [-0.2, 0) is 17.8 Å². The number of hydrogen-bond acceptors (Lipinski definition) is 8. The number of nitro benzene ring substituents is 1. The molecule has 4 aromatic rings. The third-order valence-corrected chi connectivity index (χ3v) is 7.28. The number of nitro groups is 1. The lowest BCUT2D eigenvalue weighted by Gasteiger charge is -2.20. The number of rotatable bonds is 11. The number of amides is 1. The van der Waals surface area contributed by atoms with Crippen molar-refractivity contribution >= 4 is 17.6 Å². The number of nitrogens with one attached hydrogen (secondary N) is 2. The van der Waals surface area contributed by atoms with Gasteiger partial charge in [0.15, 0.2) is 0 Å². The molecule has 42 heavy (non-hydrogen) atoms. The molecular weight excluding hydrogens is 540 g/mol. The Labute approximate surface area is 241 Å². The molecule has 0 radical (unpaired) electrons. The molecule has 0 bridgehead atoms. The third kappa shape index (κ3) is 6.47. The van der Waals surface area contributed by atoms with Crippen LogP contribution in [0.3, 0.4) is 0 Å². The van der Waals surface area contributed by atoms with E-state index in [1.54, 1.807) is 30.3 Å². The monoisotopic (exact) mass is 570 g/mol. The number of carbonyl (C=O) groups excluding carboxylic acids is 1. The second-order valence-corrected chi connectivity index (χ2v) is 10.0. The number of non-ortho nitro benzene ring substituents is 1. The molecule has 11 heteroatoms. The first-order valence-corrected chi connectivity index (χ1v) is 13.6. The minimum Gasteiger partial charge on any atom is -0.493 e. The molecule has 3 N–H and O–H groups in total. The standard InChI is InChI=1S/C31H30N4O7/c1-19-27(34-30(42-19)21-5-3-2-4-6-21)14-16-41-23-11-12-24(25-13-15-32-28(25)31(37)38)26(17-23)29(36)33-18-20-7-9-22(10-8-20)35(39)40/h2-12,17,25,28,32H,13-16,18H2,1H3,(H,33,36)(H,37,38)/t25?,28-/m0/s1. The number of carbonyl (C=O) groups is 2. The summed E-state index contributed by atoms with van der Waals surface area (Å²) in [5.41, 5.74) is 3.23. The van der Waals surface area contributed by atoms with Gasteiger partial charge in [0.2, 0.25) is 5.89 Å². The highest BCUT2D eigenvalue weighted by Crippen LogP contribution is 2.33. The van der Waals surface area contributed by atoms with E-state index in [9.17, 15) is 24.8 Å². The first-order chi connectivity index (χ1) is 20.3. The molecule has 3 aromatic carbocycles. The Morgan fingerprint density at radius 1 is 1.14 bits per heavy atom. The number of aryl methyl sites for hydroxylation is 1. The molecule has 1 aromatic heterocycles. The van der Waals surface area contributed by atoms with Crippen LogP contribution in [0.1, 0.15) is 45.3 Å². The van der Waals surface area contributed by atoms with E-state index < -0.39 is 28.8 Å². The lowest BCUT2D eigenvalue weighted by molar-refractivity contribution is -0.384. The molecule has 5 rings (SSSR count). The number of nitrogens with zero attached hydrogens (tertiary/aromatic N) is 2. The molecule has 11 nitrogen and oxygen atoms in total. The van der Waals surface area contributed by atoms with Crippen LogP contribution in [0.25, 0.3) is 11.5 Å². The third-order valence-electron chi connectivity index (χ3n) is 7.28. The predicted octanol–water partition coefficient (Wildman–Crippen LogP) is 4.64. The van der Waals surface area contributed by atoms with E-state index in [2.05, 4.69) is 15.6 Å². The van der Waals surface area contributed by atoms with Crippen molar-refractivity contribution < 1.29 is 28.8 Å². The quantitative estimate of drug-likeness (QED) is 0.173. The van der Waals surface area contributed by atoms with Crippen LogP contribution in [0.2, 0.25) is 0 Å². The van der Waals surface area contributed by atoms with Crippen molar-refractivity contribution in [2.45, 2.75) is 38.3 Å². The summed E-state index contributed by atoms with van der Waals surface area (Å²) in [5, 5.41) is 26.5. The van der Waals surface area contributed by atoms with Crippen LogP contribution in [0.15, 0.2) is 77.2 Å². The van der Waals surface area contributed by atoms with E-state index in [1.165, 1.54) is 12.1 Å². The molecular formula is C31H30N4O7. The van der Waals surface area contributed by atoms with Crippen LogP contribution >= 0.6 is 0 Å². The topological polar surface area (TPSA) is 157 Å². The van der Waals surface area contributed by atoms with Gasteiger partial charge in [-0.05, 0) is 55.3 Å². The summed E-state index contributed by atoms with van der Waals surface area (Å²) in [5.74, 6) is -0.0740. The minimum atomic E-state index is -0.979. The fraction of sp³-hybridized carbons (Fsp3) is 0.258. The first-order valence-electron chi connectivity index (χ1n) is 13.6. The second-order valence-electron chi connectivity index (χ2n) is 10.0. The van der Waals surface area contributed by atoms with Crippen LogP contribution in [-0.4, -0.2) is 46.1 Å². The first kappa shape index (κ1) is 28.5. The number of hydrogen-bond donors (Lipinski definition) is 3. The summed E-state index contributed by atoms with van der Waals surface area (Å²) in [4.78, 5) is 40.3. The van der Waals surface area contributed by atoms with Gasteiger partial charge in [-0.15, -0.1) is 0 Å². The van der Waals surface area contributed by atoms with Gasteiger partial charge in [0.1, 0.15) is 17.6 Å². The van der Waals surface area contributed by atoms with Gasteiger partial charge < -0.3 is 24.9 Å². The van der Waals surface area contributed by atoms with Crippen molar-refractivity contribution in [1.82, 2.24) is 15.6 Å². The molecule has 0 saturated carbocycles. The summed E-state index contributed by atoms with van der Waals surface area (Å²) in [7, 11) is 0. The molecule has 1 saturated heterocycles. The van der Waals surface area contributed by atoms with Crippen molar-refractivity contribution in [3.63, 3.8) is 0 Å². The van der Waals surface area contributed by atoms with Gasteiger partial charge in [-0.1, -0.05) is 36.4 Å². The fourth-order valence-corrected chi connectivity index (χ4v) is 5.09. The maximum atomic E-state index is 13.4. The second kappa shape index (κ2) is 12.6. The number of oxazole rings is 1. The molecule has 2 atom stereocenters. The normalized spacial score (nSPS) is 16.2. The van der Waals surface area contributed by atoms with Gasteiger partial charge >= 0.3 is 5.97 Å². The Balaban J connectivity index is 1.31. The van der Waals surface area contributed by atoms with E-state index in [1.807, 2.05) is 37.3 Å². The average molecular weight is 571 g/mol. The summed E-state index contributed by atoms with van der Waals surface area (Å²) in [6.07, 6.45) is 1.05. The summed E-state index contributed by atoms with van der Waals surface area (Å²) < 4.78 is 11.8. The lowest BCUT2D eigenvalue weighted by Crippen LogP contribution is -2.35. The highest BCUT2D eigenvalue weighted by Gasteiger charge is 2.36. The van der Waals surface area contributed by atoms with Gasteiger partial charge in [-0.25, -0.2) is 4.98 Å². The number of aromatic nitrogens is 1. The molecule has 1 fully saturated rings. The van der Waals surface area contributed by atoms with Crippen molar-refractivity contribution in [1.29, 1.82) is 0 Å². The van der Waals surface area contributed by atoms with E-state index in [4.69, 9.17) is 9.15 Å². The number of benzene rings is 3. The highest BCUT2D eigenvalue weighted by atomic mass is 16.6. The molecule has 0 spiro atoms. The molecule has 1 amide bonds. The predicted molar refractivity (Wildman–Crippen MR) is 153 cm³/mol. The Bertz CT molecular complexity index is 1580. The van der Waals surface area contributed by atoms with Gasteiger partial charge in [0.25, 0.3) is 11.6 Å². The Kier molecular flexibility index (Phi) is 8.58. The Hall–Kier alpha value is -5.03. The zero-order chi connectivity index (χ0) is 29.6. The average Bonchev–Trinajstić information content (AvgIpc) is 3.64.